The molecular weight excluding hydrogens is 399 g/mol. The number of hydrogen-bond donors (Lipinski definition) is 2. The second kappa shape index (κ2) is 10.1. The maximum absolute atomic E-state index is 11.6. The van der Waals surface area contributed by atoms with E-state index in [1.807, 2.05) is 0 Å². The zero-order chi connectivity index (χ0) is 21.5. The molecule has 0 aliphatic heterocycles. The Bertz CT molecular complexity index is 808. The third kappa shape index (κ3) is 7.44. The first-order valence-corrected chi connectivity index (χ1v) is 10.4. The van der Waals surface area contributed by atoms with Crippen LogP contribution in [0.1, 0.15) is 25.7 Å². The number of hydrogen-bond acceptors (Lipinski definition) is 6. The smallest absolute Gasteiger partial charge is 0.529 e. The molecule has 0 unspecified atom stereocenters. The molecule has 8 nitrogen and oxygen atoms in total. The minimum Gasteiger partial charge on any atom is -0.529 e. The molecular formula is C22H25BN2O6. The lowest BCUT2D eigenvalue weighted by atomic mass is 10.3. The number of nitrogens with one attached hydrogen (secondary N) is 2. The van der Waals surface area contributed by atoms with Crippen molar-refractivity contribution in [1.82, 2.24) is 10.6 Å². The van der Waals surface area contributed by atoms with E-state index < -0.39 is 0 Å². The lowest BCUT2D eigenvalue weighted by Gasteiger charge is -2.10. The van der Waals surface area contributed by atoms with Crippen molar-refractivity contribution in [3.05, 3.63) is 48.5 Å². The van der Waals surface area contributed by atoms with Crippen molar-refractivity contribution >= 4 is 19.5 Å². The van der Waals surface area contributed by atoms with Crippen LogP contribution in [0.25, 0.3) is 0 Å². The van der Waals surface area contributed by atoms with Crippen molar-refractivity contribution < 1.29 is 28.4 Å². The van der Waals surface area contributed by atoms with Gasteiger partial charge >= 0.3 is 7.69 Å². The number of benzene rings is 2. The number of rotatable bonds is 12. The van der Waals surface area contributed by atoms with Crippen LogP contribution in [0, 0.1) is 0 Å². The maximum Gasteiger partial charge on any atom is 0.576 e. The normalized spacial score (nSPS) is 14.8. The summed E-state index contributed by atoms with van der Waals surface area (Å²) in [6.45, 7) is 0.00936. The van der Waals surface area contributed by atoms with Crippen LogP contribution in [0.5, 0.6) is 23.0 Å². The molecule has 2 aliphatic carbocycles. The largest absolute Gasteiger partial charge is 0.576 e. The maximum atomic E-state index is 11.6. The van der Waals surface area contributed by atoms with Gasteiger partial charge in [-0.15, -0.1) is 0 Å². The molecule has 0 heterocycles. The van der Waals surface area contributed by atoms with Crippen LogP contribution in [0.2, 0.25) is 0 Å². The minimum atomic E-state index is -0.103. The van der Waals surface area contributed by atoms with Gasteiger partial charge in [0.05, 0.1) is 0 Å². The summed E-state index contributed by atoms with van der Waals surface area (Å²) in [4.78, 5) is 23.3. The first kappa shape index (κ1) is 20.9. The molecule has 0 radical (unpaired) electrons. The molecule has 4 rings (SSSR count). The van der Waals surface area contributed by atoms with E-state index in [1.165, 1.54) is 0 Å². The summed E-state index contributed by atoms with van der Waals surface area (Å²) >= 11 is 0. The summed E-state index contributed by atoms with van der Waals surface area (Å²) < 4.78 is 22.0. The number of carbonyl (C=O) groups is 2. The summed E-state index contributed by atoms with van der Waals surface area (Å²) in [5, 5.41) is 5.74. The SMILES string of the molecule is O=C(COc1ccc(OBOc2ccc(OCC(=O)NC3CC3)cc2)cc1)NC1CC1. The van der Waals surface area contributed by atoms with E-state index in [1.54, 1.807) is 48.5 Å². The van der Waals surface area contributed by atoms with Crippen molar-refractivity contribution in [3.63, 3.8) is 0 Å². The first-order valence-electron chi connectivity index (χ1n) is 10.4. The van der Waals surface area contributed by atoms with Crippen LogP contribution < -0.4 is 29.4 Å². The van der Waals surface area contributed by atoms with Crippen LogP contribution in [-0.2, 0) is 9.59 Å². The molecule has 9 heteroatoms. The van der Waals surface area contributed by atoms with Gasteiger partial charge in [0.2, 0.25) is 0 Å². The van der Waals surface area contributed by atoms with Crippen molar-refractivity contribution in [2.24, 2.45) is 0 Å². The lowest BCUT2D eigenvalue weighted by Crippen LogP contribution is -2.30. The fourth-order valence-corrected chi connectivity index (χ4v) is 2.72. The van der Waals surface area contributed by atoms with Crippen LogP contribution in [0.3, 0.4) is 0 Å². The van der Waals surface area contributed by atoms with Gasteiger partial charge in [-0.2, -0.15) is 0 Å². The Labute approximate surface area is 181 Å². The molecule has 2 N–H and O–H groups in total. The second-order valence-corrected chi connectivity index (χ2v) is 7.61. The fraction of sp³-hybridized carbons (Fsp3) is 0.364. The Morgan fingerprint density at radius 2 is 1.03 bits per heavy atom. The molecule has 0 saturated heterocycles. The van der Waals surface area contributed by atoms with E-state index in [2.05, 4.69) is 10.6 Å². The summed E-state index contributed by atoms with van der Waals surface area (Å²) in [6, 6.07) is 14.6. The topological polar surface area (TPSA) is 95.1 Å². The highest BCUT2D eigenvalue weighted by molar-refractivity contribution is 6.20. The third-order valence-electron chi connectivity index (χ3n) is 4.72. The molecule has 162 valence electrons. The van der Waals surface area contributed by atoms with Crippen molar-refractivity contribution in [1.29, 1.82) is 0 Å². The molecule has 0 aromatic heterocycles. The van der Waals surface area contributed by atoms with Crippen molar-refractivity contribution in [2.45, 2.75) is 37.8 Å². The highest BCUT2D eigenvalue weighted by Gasteiger charge is 2.23. The Kier molecular flexibility index (Phi) is 6.81. The summed E-state index contributed by atoms with van der Waals surface area (Å²) in [6.07, 6.45) is 4.21. The number of amides is 2. The van der Waals surface area contributed by atoms with Crippen molar-refractivity contribution in [3.8, 4) is 23.0 Å². The monoisotopic (exact) mass is 424 g/mol. The highest BCUT2D eigenvalue weighted by Crippen LogP contribution is 2.21. The van der Waals surface area contributed by atoms with Crippen LogP contribution in [0.15, 0.2) is 48.5 Å². The molecule has 2 aliphatic rings. The van der Waals surface area contributed by atoms with Gasteiger partial charge in [0, 0.05) is 12.1 Å². The van der Waals surface area contributed by atoms with Gasteiger partial charge < -0.3 is 29.4 Å². The van der Waals surface area contributed by atoms with E-state index in [0.717, 1.165) is 25.7 Å². The molecule has 2 aromatic rings. The van der Waals surface area contributed by atoms with Gasteiger partial charge in [0.25, 0.3) is 11.8 Å². The molecule has 0 atom stereocenters. The Morgan fingerprint density at radius 3 is 1.39 bits per heavy atom. The van der Waals surface area contributed by atoms with Crippen LogP contribution in [-0.4, -0.2) is 44.8 Å². The highest BCUT2D eigenvalue weighted by atomic mass is 16.6. The second-order valence-electron chi connectivity index (χ2n) is 7.61. The van der Waals surface area contributed by atoms with E-state index in [0.29, 0.717) is 35.1 Å². The molecule has 31 heavy (non-hydrogen) atoms. The zero-order valence-electron chi connectivity index (χ0n) is 17.2. The van der Waals surface area contributed by atoms with Gasteiger partial charge in [-0.25, -0.2) is 0 Å². The van der Waals surface area contributed by atoms with Gasteiger partial charge in [-0.05, 0) is 74.2 Å². The van der Waals surface area contributed by atoms with E-state index in [9.17, 15) is 9.59 Å². The quantitative estimate of drug-likeness (QED) is 0.504. The molecule has 2 fully saturated rings. The van der Waals surface area contributed by atoms with E-state index in [4.69, 9.17) is 18.8 Å². The Hall–Kier alpha value is -3.36. The van der Waals surface area contributed by atoms with Gasteiger partial charge in [-0.1, -0.05) is 0 Å². The lowest BCUT2D eigenvalue weighted by molar-refractivity contribution is -0.124. The fourth-order valence-electron chi connectivity index (χ4n) is 2.72. The van der Waals surface area contributed by atoms with Crippen LogP contribution >= 0.6 is 0 Å². The first-order chi connectivity index (χ1) is 15.1. The molecule has 2 saturated carbocycles. The summed E-state index contributed by atoms with van der Waals surface area (Å²) in [7, 11) is 0.0357. The molecule has 2 amide bonds. The Balaban J connectivity index is 1.12. The third-order valence-corrected chi connectivity index (χ3v) is 4.72. The van der Waals surface area contributed by atoms with E-state index >= 15 is 0 Å². The standard InChI is InChI=1S/C22H25BN2O6/c26-21(24-15-1-2-15)13-28-17-5-9-19(10-6-17)30-23-31-20-11-7-18(8-12-20)29-14-22(27)25-16-3-4-16/h5-12,15-16,23H,1-4,13-14H2,(H,24,26)(H,25,27). The predicted octanol–water partition coefficient (Wildman–Crippen LogP) is 1.73. The average molecular weight is 424 g/mol. The minimum absolute atomic E-state index is 0.00468. The summed E-state index contributed by atoms with van der Waals surface area (Å²) in [5.74, 6) is 2.23. The number of ether oxygens (including phenoxy) is 2. The zero-order valence-corrected chi connectivity index (χ0v) is 17.2. The number of carbonyl (C=O) groups excluding carboxylic acids is 2. The Morgan fingerprint density at radius 1 is 0.677 bits per heavy atom. The van der Waals surface area contributed by atoms with E-state index in [-0.39, 0.29) is 32.7 Å². The van der Waals surface area contributed by atoms with Gasteiger partial charge in [0.15, 0.2) is 13.2 Å². The van der Waals surface area contributed by atoms with Gasteiger partial charge in [0.1, 0.15) is 23.0 Å². The molecule has 2 aromatic carbocycles. The molecule has 0 spiro atoms. The molecule has 0 bridgehead atoms. The summed E-state index contributed by atoms with van der Waals surface area (Å²) in [5.41, 5.74) is 0. The van der Waals surface area contributed by atoms with Crippen LogP contribution in [0.4, 0.5) is 0 Å². The predicted molar refractivity (Wildman–Crippen MR) is 115 cm³/mol. The van der Waals surface area contributed by atoms with Gasteiger partial charge in [-0.3, -0.25) is 9.59 Å². The van der Waals surface area contributed by atoms with Crippen molar-refractivity contribution in [2.75, 3.05) is 13.2 Å². The average Bonchev–Trinajstić information content (AvgIpc) is 3.70.